The molecule has 1 atom stereocenters. The maximum Gasteiger partial charge on any atom is 0.192 e. The van der Waals surface area contributed by atoms with Gasteiger partial charge in [0.05, 0.1) is 0 Å². The molecule has 3 N–H and O–H groups in total. The van der Waals surface area contributed by atoms with E-state index >= 15 is 0 Å². The van der Waals surface area contributed by atoms with Crippen LogP contribution in [-0.4, -0.2) is 41.5 Å². The van der Waals surface area contributed by atoms with Gasteiger partial charge in [-0.15, -0.1) is 0 Å². The van der Waals surface area contributed by atoms with Gasteiger partial charge in [0.25, 0.3) is 0 Å². The number of benzene rings is 1. The summed E-state index contributed by atoms with van der Waals surface area (Å²) in [4.78, 5) is 13.9. The number of aliphatic hydroxyl groups excluding tert-OH is 1. The number of anilines is 1. The molecule has 0 radical (unpaired) electrons. The summed E-state index contributed by atoms with van der Waals surface area (Å²) in [7, 11) is 0. The van der Waals surface area contributed by atoms with Gasteiger partial charge < -0.3 is 15.7 Å². The second-order valence-corrected chi connectivity index (χ2v) is 3.99. The van der Waals surface area contributed by atoms with Gasteiger partial charge in [0, 0.05) is 17.8 Å². The van der Waals surface area contributed by atoms with Crippen molar-refractivity contribution in [3.63, 3.8) is 0 Å². The topological polar surface area (TPSA) is 66.6 Å². The number of carbonyl (C=O) groups excluding carboxylic acids is 1. The van der Waals surface area contributed by atoms with Crippen molar-refractivity contribution in [2.24, 2.45) is 0 Å². The largest absolute Gasteiger partial charge is 0.399 e. The first-order valence-corrected chi connectivity index (χ1v) is 5.88. The van der Waals surface area contributed by atoms with E-state index in [1.165, 1.54) is 0 Å². The van der Waals surface area contributed by atoms with Crippen LogP contribution < -0.4 is 5.73 Å². The normalized spacial score (nSPS) is 12.7. The third kappa shape index (κ3) is 3.84. The van der Waals surface area contributed by atoms with Crippen molar-refractivity contribution in [3.8, 4) is 0 Å². The van der Waals surface area contributed by atoms with Crippen LogP contribution in [0, 0.1) is 0 Å². The Kier molecular flexibility index (Phi) is 5.12. The van der Waals surface area contributed by atoms with Gasteiger partial charge >= 0.3 is 0 Å². The Morgan fingerprint density at radius 2 is 1.82 bits per heavy atom. The predicted molar refractivity (Wildman–Crippen MR) is 69.0 cm³/mol. The predicted octanol–water partition coefficient (Wildman–Crippen LogP) is 1.15. The van der Waals surface area contributed by atoms with Crippen molar-refractivity contribution in [2.45, 2.75) is 20.0 Å². The van der Waals surface area contributed by atoms with Crippen molar-refractivity contribution in [1.29, 1.82) is 0 Å². The van der Waals surface area contributed by atoms with Crippen LogP contribution in [0.5, 0.6) is 0 Å². The van der Waals surface area contributed by atoms with E-state index in [4.69, 9.17) is 5.73 Å². The number of Topliss-reactive ketones (excluding diaryl/α,β-unsaturated/α-hetero) is 1. The molecule has 0 aliphatic rings. The SMILES string of the molecule is CCN(CC)CC(O)C(=O)c1ccc(N)cc1. The van der Waals surface area contributed by atoms with Gasteiger partial charge in [-0.25, -0.2) is 0 Å². The average molecular weight is 236 g/mol. The second-order valence-electron chi connectivity index (χ2n) is 3.99. The van der Waals surface area contributed by atoms with Crippen LogP contribution in [0.4, 0.5) is 5.69 Å². The fourth-order valence-corrected chi connectivity index (χ4v) is 1.65. The van der Waals surface area contributed by atoms with Crippen LogP contribution in [0.2, 0.25) is 0 Å². The van der Waals surface area contributed by atoms with Crippen molar-refractivity contribution in [1.82, 2.24) is 4.90 Å². The third-order valence-corrected chi connectivity index (χ3v) is 2.82. The van der Waals surface area contributed by atoms with E-state index in [1.807, 2.05) is 18.7 Å². The van der Waals surface area contributed by atoms with Crippen LogP contribution in [-0.2, 0) is 0 Å². The number of nitrogen functional groups attached to an aromatic ring is 1. The number of likely N-dealkylation sites (N-methyl/N-ethyl adjacent to an activating group) is 1. The van der Waals surface area contributed by atoms with E-state index in [-0.39, 0.29) is 5.78 Å². The zero-order valence-corrected chi connectivity index (χ0v) is 10.4. The molecule has 0 aliphatic carbocycles. The van der Waals surface area contributed by atoms with E-state index in [2.05, 4.69) is 0 Å². The molecule has 1 aromatic rings. The first kappa shape index (κ1) is 13.7. The summed E-state index contributed by atoms with van der Waals surface area (Å²) in [6, 6.07) is 6.61. The van der Waals surface area contributed by atoms with Crippen LogP contribution in [0.25, 0.3) is 0 Å². The van der Waals surface area contributed by atoms with Crippen LogP contribution >= 0.6 is 0 Å². The Balaban J connectivity index is 2.66. The minimum absolute atomic E-state index is 0.253. The first-order valence-electron chi connectivity index (χ1n) is 5.88. The first-order chi connectivity index (χ1) is 8.08. The number of nitrogens with two attached hydrogens (primary N) is 1. The molecule has 1 aromatic carbocycles. The zero-order chi connectivity index (χ0) is 12.8. The monoisotopic (exact) mass is 236 g/mol. The van der Waals surface area contributed by atoms with E-state index in [9.17, 15) is 9.90 Å². The molecule has 0 aromatic heterocycles. The Hall–Kier alpha value is -1.39. The van der Waals surface area contributed by atoms with Crippen LogP contribution in [0.15, 0.2) is 24.3 Å². The highest BCUT2D eigenvalue weighted by Crippen LogP contribution is 2.09. The molecule has 0 heterocycles. The highest BCUT2D eigenvalue weighted by atomic mass is 16.3. The summed E-state index contributed by atoms with van der Waals surface area (Å²) in [5, 5.41) is 9.85. The van der Waals surface area contributed by atoms with E-state index in [0.717, 1.165) is 13.1 Å². The Bertz CT molecular complexity index is 358. The summed E-state index contributed by atoms with van der Waals surface area (Å²) in [6.45, 7) is 6.02. The lowest BCUT2D eigenvalue weighted by molar-refractivity contribution is 0.0654. The Morgan fingerprint density at radius 1 is 1.29 bits per heavy atom. The van der Waals surface area contributed by atoms with Crippen molar-refractivity contribution in [2.75, 3.05) is 25.4 Å². The molecule has 0 fully saturated rings. The van der Waals surface area contributed by atoms with Gasteiger partial charge in [0.1, 0.15) is 6.10 Å². The standard InChI is InChI=1S/C13H20N2O2/c1-3-15(4-2)9-12(16)13(17)10-5-7-11(14)8-6-10/h5-8,12,16H,3-4,9,14H2,1-2H3. The van der Waals surface area contributed by atoms with E-state index < -0.39 is 6.10 Å². The number of hydrogen-bond donors (Lipinski definition) is 2. The molecule has 1 unspecified atom stereocenters. The molecule has 0 saturated heterocycles. The molecular weight excluding hydrogens is 216 g/mol. The van der Waals surface area contributed by atoms with Crippen LogP contribution in [0.1, 0.15) is 24.2 Å². The highest BCUT2D eigenvalue weighted by molar-refractivity contribution is 5.99. The molecule has 17 heavy (non-hydrogen) atoms. The molecule has 0 spiro atoms. The maximum atomic E-state index is 11.9. The number of hydrogen-bond acceptors (Lipinski definition) is 4. The van der Waals surface area contributed by atoms with Gasteiger partial charge in [-0.2, -0.15) is 0 Å². The number of carbonyl (C=O) groups is 1. The quantitative estimate of drug-likeness (QED) is 0.574. The van der Waals surface area contributed by atoms with E-state index in [1.54, 1.807) is 24.3 Å². The Morgan fingerprint density at radius 3 is 2.29 bits per heavy atom. The summed E-state index contributed by atoms with van der Waals surface area (Å²) in [5.41, 5.74) is 6.65. The lowest BCUT2D eigenvalue weighted by atomic mass is 10.1. The van der Waals surface area contributed by atoms with Crippen LogP contribution in [0.3, 0.4) is 0 Å². The number of ketones is 1. The minimum Gasteiger partial charge on any atom is -0.399 e. The number of aliphatic hydroxyl groups is 1. The smallest absolute Gasteiger partial charge is 0.192 e. The molecule has 4 nitrogen and oxygen atoms in total. The maximum absolute atomic E-state index is 11.9. The fraction of sp³-hybridized carbons (Fsp3) is 0.462. The lowest BCUT2D eigenvalue weighted by Crippen LogP contribution is -2.36. The lowest BCUT2D eigenvalue weighted by Gasteiger charge is -2.21. The van der Waals surface area contributed by atoms with Gasteiger partial charge in [-0.1, -0.05) is 13.8 Å². The summed E-state index contributed by atoms with van der Waals surface area (Å²) in [5.74, 6) is -0.253. The molecular formula is C13H20N2O2. The molecule has 94 valence electrons. The molecule has 0 bridgehead atoms. The highest BCUT2D eigenvalue weighted by Gasteiger charge is 2.18. The summed E-state index contributed by atoms with van der Waals surface area (Å²) in [6.07, 6.45) is -0.974. The third-order valence-electron chi connectivity index (χ3n) is 2.82. The van der Waals surface area contributed by atoms with Gasteiger partial charge in [0.15, 0.2) is 5.78 Å². The minimum atomic E-state index is -0.974. The summed E-state index contributed by atoms with van der Waals surface area (Å²) < 4.78 is 0. The fourth-order valence-electron chi connectivity index (χ4n) is 1.65. The molecule has 0 aliphatic heterocycles. The zero-order valence-electron chi connectivity index (χ0n) is 10.4. The van der Waals surface area contributed by atoms with E-state index in [0.29, 0.717) is 17.8 Å². The molecule has 0 saturated carbocycles. The molecule has 4 heteroatoms. The number of rotatable bonds is 6. The van der Waals surface area contributed by atoms with Gasteiger partial charge in [-0.3, -0.25) is 4.79 Å². The number of nitrogens with zero attached hydrogens (tertiary/aromatic N) is 1. The molecule has 0 amide bonds. The van der Waals surface area contributed by atoms with Crippen molar-refractivity contribution < 1.29 is 9.90 Å². The second kappa shape index (κ2) is 6.37. The average Bonchev–Trinajstić information content (AvgIpc) is 2.35. The van der Waals surface area contributed by atoms with Crippen molar-refractivity contribution >= 4 is 11.5 Å². The summed E-state index contributed by atoms with van der Waals surface area (Å²) >= 11 is 0. The Labute approximate surface area is 102 Å². The van der Waals surface area contributed by atoms with Gasteiger partial charge in [0.2, 0.25) is 0 Å². The molecule has 1 rings (SSSR count). The van der Waals surface area contributed by atoms with Gasteiger partial charge in [-0.05, 0) is 37.4 Å². The van der Waals surface area contributed by atoms with Crippen molar-refractivity contribution in [3.05, 3.63) is 29.8 Å².